The lowest BCUT2D eigenvalue weighted by Crippen LogP contribution is -1.98. The normalized spacial score (nSPS) is 16.1. The average Bonchev–Trinajstić information content (AvgIpc) is 3.07. The standard InChI is InChI=1S/C20H20O3/c1-13(2)10-18-12-16(20(21)23-18)11-17-8-9-19(22-17)15-6-4-14(3)5-7-15/h4-9,11-13H,10H2,1-3H3/b16-11-. The summed E-state index contributed by atoms with van der Waals surface area (Å²) in [6, 6.07) is 11.9. The fourth-order valence-corrected chi connectivity index (χ4v) is 2.50. The number of allylic oxidation sites excluding steroid dienone is 1. The summed E-state index contributed by atoms with van der Waals surface area (Å²) >= 11 is 0. The van der Waals surface area contributed by atoms with Crippen LogP contribution in [0.15, 0.2) is 58.2 Å². The first kappa shape index (κ1) is 15.3. The van der Waals surface area contributed by atoms with Crippen LogP contribution in [0.3, 0.4) is 0 Å². The molecule has 0 amide bonds. The number of rotatable bonds is 4. The lowest BCUT2D eigenvalue weighted by molar-refractivity contribution is -0.133. The Labute approximate surface area is 136 Å². The first-order chi connectivity index (χ1) is 11.0. The van der Waals surface area contributed by atoms with E-state index in [9.17, 15) is 4.79 Å². The number of cyclic esters (lactones) is 1. The Morgan fingerprint density at radius 1 is 1.09 bits per heavy atom. The maximum absolute atomic E-state index is 11.9. The Balaban J connectivity index is 1.82. The minimum Gasteiger partial charge on any atom is -0.457 e. The van der Waals surface area contributed by atoms with Gasteiger partial charge in [0, 0.05) is 12.0 Å². The topological polar surface area (TPSA) is 39.4 Å². The number of hydrogen-bond donors (Lipinski definition) is 0. The van der Waals surface area contributed by atoms with Gasteiger partial charge in [-0.05, 0) is 37.1 Å². The molecule has 0 aliphatic carbocycles. The van der Waals surface area contributed by atoms with Crippen molar-refractivity contribution in [1.82, 2.24) is 0 Å². The summed E-state index contributed by atoms with van der Waals surface area (Å²) in [5.41, 5.74) is 2.76. The molecule has 0 saturated heterocycles. The van der Waals surface area contributed by atoms with Crippen molar-refractivity contribution in [2.75, 3.05) is 0 Å². The molecule has 3 nitrogen and oxygen atoms in total. The minimum absolute atomic E-state index is 0.311. The van der Waals surface area contributed by atoms with Gasteiger partial charge < -0.3 is 9.15 Å². The highest BCUT2D eigenvalue weighted by molar-refractivity contribution is 5.99. The van der Waals surface area contributed by atoms with Crippen LogP contribution >= 0.6 is 0 Å². The second-order valence-corrected chi connectivity index (χ2v) is 6.27. The molecule has 2 heterocycles. The molecule has 1 aromatic carbocycles. The first-order valence-electron chi connectivity index (χ1n) is 7.82. The molecule has 0 saturated carbocycles. The first-order valence-corrected chi connectivity index (χ1v) is 7.82. The highest BCUT2D eigenvalue weighted by atomic mass is 16.5. The van der Waals surface area contributed by atoms with Gasteiger partial charge in [0.2, 0.25) is 0 Å². The van der Waals surface area contributed by atoms with E-state index in [1.165, 1.54) is 5.56 Å². The van der Waals surface area contributed by atoms with Crippen LogP contribution in [0.25, 0.3) is 17.4 Å². The molecule has 3 rings (SSSR count). The van der Waals surface area contributed by atoms with Gasteiger partial charge in [-0.1, -0.05) is 43.7 Å². The van der Waals surface area contributed by atoms with Gasteiger partial charge in [0.15, 0.2) is 0 Å². The molecule has 0 N–H and O–H groups in total. The molecule has 0 fully saturated rings. The second-order valence-electron chi connectivity index (χ2n) is 6.27. The molecule has 0 atom stereocenters. The van der Waals surface area contributed by atoms with Gasteiger partial charge >= 0.3 is 5.97 Å². The zero-order valence-electron chi connectivity index (χ0n) is 13.6. The van der Waals surface area contributed by atoms with Crippen molar-refractivity contribution < 1.29 is 13.9 Å². The van der Waals surface area contributed by atoms with E-state index in [1.807, 2.05) is 36.4 Å². The summed E-state index contributed by atoms with van der Waals surface area (Å²) in [6.07, 6.45) is 4.29. The van der Waals surface area contributed by atoms with Gasteiger partial charge in [-0.2, -0.15) is 0 Å². The number of esters is 1. The van der Waals surface area contributed by atoms with E-state index < -0.39 is 0 Å². The van der Waals surface area contributed by atoms with E-state index in [2.05, 4.69) is 20.8 Å². The number of benzene rings is 1. The third-order valence-electron chi connectivity index (χ3n) is 3.65. The van der Waals surface area contributed by atoms with Crippen LogP contribution in [-0.2, 0) is 9.53 Å². The minimum atomic E-state index is -0.311. The van der Waals surface area contributed by atoms with E-state index in [4.69, 9.17) is 9.15 Å². The molecular weight excluding hydrogens is 288 g/mol. The number of aryl methyl sites for hydroxylation is 1. The van der Waals surface area contributed by atoms with Crippen LogP contribution in [0.5, 0.6) is 0 Å². The van der Waals surface area contributed by atoms with Crippen molar-refractivity contribution in [3.8, 4) is 11.3 Å². The zero-order chi connectivity index (χ0) is 16.4. The van der Waals surface area contributed by atoms with Crippen LogP contribution in [0.4, 0.5) is 0 Å². The van der Waals surface area contributed by atoms with Crippen LogP contribution in [0.1, 0.15) is 31.6 Å². The number of furan rings is 1. The van der Waals surface area contributed by atoms with Crippen LogP contribution in [0.2, 0.25) is 0 Å². The van der Waals surface area contributed by atoms with Crippen molar-refractivity contribution in [2.24, 2.45) is 5.92 Å². The molecule has 0 bridgehead atoms. The third kappa shape index (κ3) is 3.62. The van der Waals surface area contributed by atoms with E-state index in [1.54, 1.807) is 12.2 Å². The summed E-state index contributed by atoms with van der Waals surface area (Å²) in [4.78, 5) is 11.9. The Hall–Kier alpha value is -2.55. The fraction of sp³-hybridized carbons (Fsp3) is 0.250. The molecule has 0 radical (unpaired) electrons. The van der Waals surface area contributed by atoms with Gasteiger partial charge in [-0.3, -0.25) is 0 Å². The fourth-order valence-electron chi connectivity index (χ4n) is 2.50. The summed E-state index contributed by atoms with van der Waals surface area (Å²) in [7, 11) is 0. The van der Waals surface area contributed by atoms with E-state index in [0.717, 1.165) is 23.5 Å². The molecule has 1 aromatic heterocycles. The molecular formula is C20H20O3. The van der Waals surface area contributed by atoms with Crippen molar-refractivity contribution >= 4 is 12.0 Å². The van der Waals surface area contributed by atoms with Crippen LogP contribution in [-0.4, -0.2) is 5.97 Å². The van der Waals surface area contributed by atoms with E-state index >= 15 is 0 Å². The quantitative estimate of drug-likeness (QED) is 0.581. The lowest BCUT2D eigenvalue weighted by atomic mass is 10.1. The van der Waals surface area contributed by atoms with Crippen LogP contribution < -0.4 is 0 Å². The summed E-state index contributed by atoms with van der Waals surface area (Å²) in [5.74, 6) is 2.30. The maximum atomic E-state index is 11.9. The van der Waals surface area contributed by atoms with Crippen LogP contribution in [0, 0.1) is 12.8 Å². The smallest absolute Gasteiger partial charge is 0.343 e. The number of carbonyl (C=O) groups excluding carboxylic acids is 1. The van der Waals surface area contributed by atoms with Crippen molar-refractivity contribution in [3.63, 3.8) is 0 Å². The average molecular weight is 308 g/mol. The Kier molecular flexibility index (Phi) is 4.20. The lowest BCUT2D eigenvalue weighted by Gasteiger charge is -2.03. The van der Waals surface area contributed by atoms with Gasteiger partial charge in [0.1, 0.15) is 17.3 Å². The van der Waals surface area contributed by atoms with E-state index in [-0.39, 0.29) is 5.97 Å². The molecule has 1 aliphatic rings. The third-order valence-corrected chi connectivity index (χ3v) is 3.65. The molecule has 23 heavy (non-hydrogen) atoms. The second kappa shape index (κ2) is 6.29. The molecule has 3 heteroatoms. The van der Waals surface area contributed by atoms with Crippen molar-refractivity contribution in [1.29, 1.82) is 0 Å². The number of carbonyl (C=O) groups is 1. The zero-order valence-corrected chi connectivity index (χ0v) is 13.6. The highest BCUT2D eigenvalue weighted by Crippen LogP contribution is 2.27. The monoisotopic (exact) mass is 308 g/mol. The molecule has 1 aliphatic heterocycles. The molecule has 2 aromatic rings. The predicted octanol–water partition coefficient (Wildman–Crippen LogP) is 5.13. The van der Waals surface area contributed by atoms with Crippen molar-refractivity contribution in [3.05, 3.63) is 65.1 Å². The molecule has 118 valence electrons. The molecule has 0 spiro atoms. The van der Waals surface area contributed by atoms with E-state index in [0.29, 0.717) is 17.3 Å². The summed E-state index contributed by atoms with van der Waals surface area (Å²) < 4.78 is 11.1. The Morgan fingerprint density at radius 2 is 1.83 bits per heavy atom. The number of ether oxygens (including phenoxy) is 1. The largest absolute Gasteiger partial charge is 0.457 e. The predicted molar refractivity (Wildman–Crippen MR) is 90.5 cm³/mol. The molecule has 0 unspecified atom stereocenters. The maximum Gasteiger partial charge on any atom is 0.343 e. The Morgan fingerprint density at radius 3 is 2.52 bits per heavy atom. The SMILES string of the molecule is Cc1ccc(-c2ccc(/C=C3/C=C(CC(C)C)OC3=O)o2)cc1. The van der Waals surface area contributed by atoms with Gasteiger partial charge in [0.25, 0.3) is 0 Å². The summed E-state index contributed by atoms with van der Waals surface area (Å²) in [5, 5.41) is 0. The number of hydrogen-bond acceptors (Lipinski definition) is 3. The van der Waals surface area contributed by atoms with Crippen molar-refractivity contribution in [2.45, 2.75) is 27.2 Å². The Bertz CT molecular complexity index is 773. The highest BCUT2D eigenvalue weighted by Gasteiger charge is 2.21. The summed E-state index contributed by atoms with van der Waals surface area (Å²) in [6.45, 7) is 6.24. The van der Waals surface area contributed by atoms with Gasteiger partial charge in [-0.25, -0.2) is 4.79 Å². The van der Waals surface area contributed by atoms with Gasteiger partial charge in [0.05, 0.1) is 5.57 Å². The van der Waals surface area contributed by atoms with Gasteiger partial charge in [-0.15, -0.1) is 0 Å².